The fraction of sp³-hybridized carbons (Fsp3) is 0.591. The van der Waals surface area contributed by atoms with E-state index < -0.39 is 11.4 Å². The standard InChI is InChI=1S/C22H28BrClFN5O3/c1-22(2,3)33-21(31)30-9-7-29(8-10-30)19-14-11-15(24)16(23)17(25)18(14)26-20(27-19)32-13-5-6-28(4)12-13/h11,13H,5-10,12H2,1-4H3/t13-/m1/s1. The molecule has 0 unspecified atom stereocenters. The van der Waals surface area contributed by atoms with Crippen molar-refractivity contribution >= 4 is 50.3 Å². The summed E-state index contributed by atoms with van der Waals surface area (Å²) < 4.78 is 26.8. The molecule has 0 radical (unpaired) electrons. The van der Waals surface area contributed by atoms with E-state index in [1.165, 1.54) is 0 Å². The van der Waals surface area contributed by atoms with E-state index in [2.05, 4.69) is 30.8 Å². The molecule has 2 fully saturated rings. The molecule has 1 aromatic heterocycles. The van der Waals surface area contributed by atoms with Crippen molar-refractivity contribution in [2.75, 3.05) is 51.2 Å². The molecule has 33 heavy (non-hydrogen) atoms. The van der Waals surface area contributed by atoms with Gasteiger partial charge >= 0.3 is 12.1 Å². The first kappa shape index (κ1) is 24.2. The molecular weight excluding hydrogens is 517 g/mol. The van der Waals surface area contributed by atoms with Crippen molar-refractivity contribution in [3.05, 3.63) is 21.4 Å². The summed E-state index contributed by atoms with van der Waals surface area (Å²) in [6.07, 6.45) is 0.458. The Morgan fingerprint density at radius 2 is 1.91 bits per heavy atom. The van der Waals surface area contributed by atoms with Crippen molar-refractivity contribution in [3.8, 4) is 6.01 Å². The van der Waals surface area contributed by atoms with Gasteiger partial charge in [-0.25, -0.2) is 9.18 Å². The van der Waals surface area contributed by atoms with Gasteiger partial charge in [0.1, 0.15) is 23.0 Å². The monoisotopic (exact) mass is 543 g/mol. The van der Waals surface area contributed by atoms with Crippen LogP contribution in [0.5, 0.6) is 6.01 Å². The van der Waals surface area contributed by atoms with Gasteiger partial charge in [0.25, 0.3) is 0 Å². The number of benzene rings is 1. The zero-order valence-corrected chi connectivity index (χ0v) is 21.5. The number of hydrogen-bond acceptors (Lipinski definition) is 7. The Kier molecular flexibility index (Phi) is 6.89. The quantitative estimate of drug-likeness (QED) is 0.533. The van der Waals surface area contributed by atoms with Crippen LogP contribution in [0.25, 0.3) is 10.9 Å². The Bertz CT molecular complexity index is 1060. The van der Waals surface area contributed by atoms with Crippen LogP contribution in [0.2, 0.25) is 5.02 Å². The number of carbonyl (C=O) groups is 1. The van der Waals surface area contributed by atoms with E-state index in [-0.39, 0.29) is 33.2 Å². The Labute approximate surface area is 206 Å². The van der Waals surface area contributed by atoms with Gasteiger partial charge in [0.15, 0.2) is 5.82 Å². The molecule has 2 aliphatic heterocycles. The maximum Gasteiger partial charge on any atom is 0.410 e. The van der Waals surface area contributed by atoms with Crippen LogP contribution in [0.3, 0.4) is 0 Å². The zero-order chi connectivity index (χ0) is 23.9. The molecular formula is C22H28BrClFN5O3. The second kappa shape index (κ2) is 9.38. The van der Waals surface area contributed by atoms with E-state index in [1.807, 2.05) is 32.7 Å². The first-order valence-electron chi connectivity index (χ1n) is 10.9. The van der Waals surface area contributed by atoms with Crippen molar-refractivity contribution < 1.29 is 18.7 Å². The number of amides is 1. The highest BCUT2D eigenvalue weighted by Crippen LogP contribution is 2.36. The van der Waals surface area contributed by atoms with Crippen LogP contribution in [0.4, 0.5) is 15.0 Å². The largest absolute Gasteiger partial charge is 0.459 e. The van der Waals surface area contributed by atoms with Crippen LogP contribution in [0, 0.1) is 5.82 Å². The molecule has 4 rings (SSSR count). The predicted molar refractivity (Wildman–Crippen MR) is 129 cm³/mol. The van der Waals surface area contributed by atoms with Gasteiger partial charge in [0, 0.05) is 44.7 Å². The number of fused-ring (bicyclic) bond motifs is 1. The predicted octanol–water partition coefficient (Wildman–Crippen LogP) is 4.32. The highest BCUT2D eigenvalue weighted by molar-refractivity contribution is 9.10. The molecule has 0 spiro atoms. The maximum atomic E-state index is 15.1. The normalized spacial score (nSPS) is 19.9. The summed E-state index contributed by atoms with van der Waals surface area (Å²) in [5, 5.41) is 0.741. The van der Waals surface area contributed by atoms with E-state index in [9.17, 15) is 4.79 Å². The number of hydrogen-bond donors (Lipinski definition) is 0. The molecule has 2 aliphatic rings. The third-order valence-corrected chi connectivity index (χ3v) is 6.94. The van der Waals surface area contributed by atoms with Crippen LogP contribution < -0.4 is 9.64 Å². The van der Waals surface area contributed by atoms with E-state index >= 15 is 4.39 Å². The number of rotatable bonds is 3. The van der Waals surface area contributed by atoms with Gasteiger partial charge in [0.05, 0.1) is 9.50 Å². The molecule has 0 N–H and O–H groups in total. The number of nitrogens with zero attached hydrogens (tertiary/aromatic N) is 5. The number of anilines is 1. The van der Waals surface area contributed by atoms with E-state index in [4.69, 9.17) is 21.1 Å². The summed E-state index contributed by atoms with van der Waals surface area (Å²) in [5.41, 5.74) is -0.411. The lowest BCUT2D eigenvalue weighted by molar-refractivity contribution is 0.0240. The third-order valence-electron chi connectivity index (χ3n) is 5.64. The molecule has 1 aromatic carbocycles. The van der Waals surface area contributed by atoms with Crippen LogP contribution in [-0.4, -0.2) is 83.9 Å². The summed E-state index contributed by atoms with van der Waals surface area (Å²) in [6, 6.07) is 1.80. The van der Waals surface area contributed by atoms with Crippen molar-refractivity contribution in [3.63, 3.8) is 0 Å². The average molecular weight is 545 g/mol. The first-order valence-corrected chi connectivity index (χ1v) is 12.1. The van der Waals surface area contributed by atoms with Crippen molar-refractivity contribution in [2.45, 2.75) is 38.9 Å². The topological polar surface area (TPSA) is 71.0 Å². The minimum atomic E-state index is -0.556. The second-order valence-corrected chi connectivity index (χ2v) is 10.7. The number of likely N-dealkylation sites (N-methyl/N-ethyl adjacent to an activating group) is 1. The lowest BCUT2D eigenvalue weighted by Crippen LogP contribution is -2.50. The summed E-state index contributed by atoms with van der Waals surface area (Å²) in [7, 11) is 2.03. The number of halogens is 3. The Balaban J connectivity index is 1.62. The molecule has 0 aliphatic carbocycles. The van der Waals surface area contributed by atoms with Gasteiger partial charge in [-0.1, -0.05) is 11.6 Å². The first-order chi connectivity index (χ1) is 15.5. The number of ether oxygens (including phenoxy) is 2. The SMILES string of the molecule is CN1CC[C@@H](Oc2nc(N3CCN(C(=O)OC(C)(C)C)CC3)c3cc(Cl)c(Br)c(F)c3n2)C1. The van der Waals surface area contributed by atoms with E-state index in [0.717, 1.165) is 19.5 Å². The summed E-state index contributed by atoms with van der Waals surface area (Å²) in [5.74, 6) is -0.0135. The minimum Gasteiger partial charge on any atom is -0.459 e. The highest BCUT2D eigenvalue weighted by atomic mass is 79.9. The summed E-state index contributed by atoms with van der Waals surface area (Å²) >= 11 is 9.46. The molecule has 1 amide bonds. The molecule has 2 saturated heterocycles. The van der Waals surface area contributed by atoms with Gasteiger partial charge in [-0.2, -0.15) is 9.97 Å². The van der Waals surface area contributed by atoms with Crippen LogP contribution in [0.15, 0.2) is 10.5 Å². The summed E-state index contributed by atoms with van der Waals surface area (Å²) in [6.45, 7) is 9.13. The van der Waals surface area contributed by atoms with Gasteiger partial charge < -0.3 is 24.2 Å². The average Bonchev–Trinajstić information content (AvgIpc) is 3.15. The molecule has 0 bridgehead atoms. The molecule has 3 heterocycles. The van der Waals surface area contributed by atoms with E-state index in [1.54, 1.807) is 11.0 Å². The number of carbonyl (C=O) groups excluding carboxylic acids is 1. The van der Waals surface area contributed by atoms with Gasteiger partial charge in [-0.05, 0) is 56.2 Å². The molecule has 1 atom stereocenters. The second-order valence-electron chi connectivity index (χ2n) is 9.46. The molecule has 180 valence electrons. The highest BCUT2D eigenvalue weighted by Gasteiger charge is 2.29. The van der Waals surface area contributed by atoms with Crippen molar-refractivity contribution in [2.24, 2.45) is 0 Å². The number of aromatic nitrogens is 2. The smallest absolute Gasteiger partial charge is 0.410 e. The zero-order valence-electron chi connectivity index (χ0n) is 19.2. The maximum absolute atomic E-state index is 15.1. The van der Waals surface area contributed by atoms with Crippen LogP contribution in [-0.2, 0) is 4.74 Å². The molecule has 2 aromatic rings. The fourth-order valence-electron chi connectivity index (χ4n) is 4.00. The van der Waals surface area contributed by atoms with Crippen molar-refractivity contribution in [1.82, 2.24) is 19.8 Å². The van der Waals surface area contributed by atoms with Crippen molar-refractivity contribution in [1.29, 1.82) is 0 Å². The summed E-state index contributed by atoms with van der Waals surface area (Å²) in [4.78, 5) is 27.3. The molecule has 8 nitrogen and oxygen atoms in total. The van der Waals surface area contributed by atoms with Crippen LogP contribution in [0.1, 0.15) is 27.2 Å². The number of likely N-dealkylation sites (tertiary alicyclic amines) is 1. The third kappa shape index (κ3) is 5.44. The van der Waals surface area contributed by atoms with Gasteiger partial charge in [-0.3, -0.25) is 0 Å². The fourth-order valence-corrected chi connectivity index (χ4v) is 4.49. The molecule has 11 heteroatoms. The lowest BCUT2D eigenvalue weighted by Gasteiger charge is -2.36. The van der Waals surface area contributed by atoms with Gasteiger partial charge in [0.2, 0.25) is 0 Å². The Morgan fingerprint density at radius 3 is 2.52 bits per heavy atom. The Morgan fingerprint density at radius 1 is 1.21 bits per heavy atom. The lowest BCUT2D eigenvalue weighted by atomic mass is 10.2. The molecule has 0 saturated carbocycles. The van der Waals surface area contributed by atoms with Gasteiger partial charge in [-0.15, -0.1) is 0 Å². The Hall–Kier alpha value is -1.91. The minimum absolute atomic E-state index is 0.0527. The van der Waals surface area contributed by atoms with E-state index in [0.29, 0.717) is 37.4 Å². The number of piperazine rings is 1. The van der Waals surface area contributed by atoms with Crippen LogP contribution >= 0.6 is 27.5 Å².